The second-order valence-electron chi connectivity index (χ2n) is 5.07. The van der Waals surface area contributed by atoms with Gasteiger partial charge in [0.25, 0.3) is 0 Å². The molecule has 110 valence electrons. The maximum atomic E-state index is 10.7. The van der Waals surface area contributed by atoms with Gasteiger partial charge in [-0.05, 0) is 5.92 Å². The number of rotatable bonds is 6. The highest BCUT2D eigenvalue weighted by Crippen LogP contribution is 2.28. The van der Waals surface area contributed by atoms with Gasteiger partial charge in [0.1, 0.15) is 16.4 Å². The van der Waals surface area contributed by atoms with E-state index in [1.807, 2.05) is 5.38 Å². The summed E-state index contributed by atoms with van der Waals surface area (Å²) in [6.45, 7) is 6.44. The molecule has 0 unspecified atom stereocenters. The maximum absolute atomic E-state index is 10.7. The molecule has 21 heavy (non-hydrogen) atoms. The lowest BCUT2D eigenvalue weighted by molar-refractivity contribution is 0.111. The minimum atomic E-state index is 0.270. The van der Waals surface area contributed by atoms with Crippen LogP contribution in [0.5, 0.6) is 0 Å². The molecule has 0 aromatic carbocycles. The van der Waals surface area contributed by atoms with Crippen LogP contribution in [0, 0.1) is 5.92 Å². The van der Waals surface area contributed by atoms with E-state index in [1.54, 1.807) is 16.7 Å². The monoisotopic (exact) mass is 318 g/mol. The lowest BCUT2D eigenvalue weighted by Gasteiger charge is -1.99. The molecule has 0 N–H and O–H groups in total. The van der Waals surface area contributed by atoms with Crippen molar-refractivity contribution >= 4 is 29.0 Å². The molecular weight excluding hydrogens is 300 g/mol. The highest BCUT2D eigenvalue weighted by atomic mass is 32.1. The number of aromatic nitrogens is 2. The highest BCUT2D eigenvalue weighted by molar-refractivity contribution is 7.14. The zero-order valence-corrected chi connectivity index (χ0v) is 13.9. The predicted molar refractivity (Wildman–Crippen MR) is 90.1 cm³/mol. The van der Waals surface area contributed by atoms with Gasteiger partial charge in [-0.25, -0.2) is 9.97 Å². The SMILES string of the molecule is CC(C)/C=C/C=C/[C@H](C)c1nc(-c2nc(C=O)cs2)cs1. The number of allylic oxidation sites excluding steroid dienone is 4. The van der Waals surface area contributed by atoms with Crippen molar-refractivity contribution in [1.29, 1.82) is 0 Å². The first-order valence-corrected chi connectivity index (χ1v) is 8.57. The molecule has 3 nitrogen and oxygen atoms in total. The van der Waals surface area contributed by atoms with Gasteiger partial charge in [0.2, 0.25) is 0 Å². The Bertz CT molecular complexity index is 653. The summed E-state index contributed by atoms with van der Waals surface area (Å²) < 4.78 is 0. The van der Waals surface area contributed by atoms with Gasteiger partial charge in [-0.15, -0.1) is 22.7 Å². The number of hydrogen-bond donors (Lipinski definition) is 0. The number of aldehydes is 1. The van der Waals surface area contributed by atoms with E-state index in [1.165, 1.54) is 11.3 Å². The van der Waals surface area contributed by atoms with Crippen LogP contribution in [0.1, 0.15) is 42.2 Å². The largest absolute Gasteiger partial charge is 0.296 e. The van der Waals surface area contributed by atoms with Crippen molar-refractivity contribution in [2.45, 2.75) is 26.7 Å². The van der Waals surface area contributed by atoms with Gasteiger partial charge in [-0.3, -0.25) is 4.79 Å². The van der Waals surface area contributed by atoms with Gasteiger partial charge < -0.3 is 0 Å². The molecule has 2 aromatic rings. The van der Waals surface area contributed by atoms with Crippen LogP contribution in [0.4, 0.5) is 0 Å². The number of nitrogens with zero attached hydrogens (tertiary/aromatic N) is 2. The van der Waals surface area contributed by atoms with E-state index < -0.39 is 0 Å². The van der Waals surface area contributed by atoms with Gasteiger partial charge in [-0.1, -0.05) is 45.1 Å². The summed E-state index contributed by atoms with van der Waals surface area (Å²) in [5, 5.41) is 5.61. The number of carbonyl (C=O) groups excluding carboxylic acids is 1. The van der Waals surface area contributed by atoms with Crippen LogP contribution in [0.2, 0.25) is 0 Å². The fourth-order valence-corrected chi connectivity index (χ4v) is 3.29. The van der Waals surface area contributed by atoms with E-state index in [-0.39, 0.29) is 5.92 Å². The van der Waals surface area contributed by atoms with Gasteiger partial charge >= 0.3 is 0 Å². The molecule has 0 spiro atoms. The van der Waals surface area contributed by atoms with Crippen LogP contribution in [-0.4, -0.2) is 16.3 Å². The second-order valence-corrected chi connectivity index (χ2v) is 6.82. The van der Waals surface area contributed by atoms with Crippen molar-refractivity contribution in [2.75, 3.05) is 0 Å². The van der Waals surface area contributed by atoms with E-state index in [4.69, 9.17) is 0 Å². The number of carbonyl (C=O) groups is 1. The first kappa shape index (κ1) is 15.8. The summed E-state index contributed by atoms with van der Waals surface area (Å²) in [4.78, 5) is 19.5. The third-order valence-corrected chi connectivity index (χ3v) is 4.71. The zero-order valence-electron chi connectivity index (χ0n) is 12.3. The van der Waals surface area contributed by atoms with Crippen LogP contribution in [0.25, 0.3) is 10.7 Å². The molecule has 2 rings (SSSR count). The third kappa shape index (κ3) is 4.44. The van der Waals surface area contributed by atoms with E-state index >= 15 is 0 Å². The smallest absolute Gasteiger partial charge is 0.169 e. The molecule has 0 saturated heterocycles. The van der Waals surface area contributed by atoms with Crippen molar-refractivity contribution in [1.82, 2.24) is 9.97 Å². The predicted octanol–water partition coefficient (Wildman–Crippen LogP) is 4.95. The van der Waals surface area contributed by atoms with Gasteiger partial charge in [0.05, 0.1) is 5.01 Å². The molecule has 0 amide bonds. The molecule has 2 aromatic heterocycles. The van der Waals surface area contributed by atoms with Crippen LogP contribution >= 0.6 is 22.7 Å². The quantitative estimate of drug-likeness (QED) is 0.559. The summed E-state index contributed by atoms with van der Waals surface area (Å²) in [5.41, 5.74) is 1.32. The Kier molecular flexibility index (Phi) is 5.59. The topological polar surface area (TPSA) is 42.9 Å². The molecule has 0 radical (unpaired) electrons. The molecule has 5 heteroatoms. The lowest BCUT2D eigenvalue weighted by Crippen LogP contribution is -1.88. The fraction of sp³-hybridized carbons (Fsp3) is 0.312. The van der Waals surface area contributed by atoms with Crippen molar-refractivity contribution in [2.24, 2.45) is 5.92 Å². The average molecular weight is 318 g/mol. The number of hydrogen-bond acceptors (Lipinski definition) is 5. The Labute approximate surface area is 133 Å². The number of thiazole rings is 2. The van der Waals surface area contributed by atoms with Crippen molar-refractivity contribution in [3.63, 3.8) is 0 Å². The maximum Gasteiger partial charge on any atom is 0.169 e. The molecule has 0 bridgehead atoms. The average Bonchev–Trinajstić information content (AvgIpc) is 3.10. The third-order valence-electron chi connectivity index (χ3n) is 2.78. The minimum Gasteiger partial charge on any atom is -0.296 e. The van der Waals surface area contributed by atoms with Crippen molar-refractivity contribution in [3.05, 3.63) is 45.8 Å². The van der Waals surface area contributed by atoms with Gasteiger partial charge in [-0.2, -0.15) is 0 Å². The zero-order chi connectivity index (χ0) is 15.2. The van der Waals surface area contributed by atoms with Crippen LogP contribution in [0.15, 0.2) is 35.1 Å². The minimum absolute atomic E-state index is 0.270. The van der Waals surface area contributed by atoms with Crippen molar-refractivity contribution in [3.8, 4) is 10.7 Å². The first-order valence-electron chi connectivity index (χ1n) is 6.81. The Morgan fingerprint density at radius 2 is 1.81 bits per heavy atom. The Morgan fingerprint density at radius 1 is 1.05 bits per heavy atom. The Hall–Kier alpha value is -1.59. The highest BCUT2D eigenvalue weighted by Gasteiger charge is 2.11. The lowest BCUT2D eigenvalue weighted by atomic mass is 10.1. The van der Waals surface area contributed by atoms with Crippen LogP contribution < -0.4 is 0 Å². The Morgan fingerprint density at radius 3 is 2.48 bits per heavy atom. The van der Waals surface area contributed by atoms with Crippen molar-refractivity contribution < 1.29 is 4.79 Å². The molecule has 0 saturated carbocycles. The van der Waals surface area contributed by atoms with Gasteiger partial charge in [0.15, 0.2) is 6.29 Å². The summed E-state index contributed by atoms with van der Waals surface area (Å²) >= 11 is 3.08. The van der Waals surface area contributed by atoms with E-state index in [2.05, 4.69) is 55.0 Å². The normalized spacial score (nSPS) is 13.5. The first-order chi connectivity index (χ1) is 10.1. The van der Waals surface area contributed by atoms with E-state index in [9.17, 15) is 4.79 Å². The molecule has 1 atom stereocenters. The second kappa shape index (κ2) is 7.43. The summed E-state index contributed by atoms with van der Waals surface area (Å²) in [5.74, 6) is 0.833. The molecule has 0 aliphatic rings. The fourth-order valence-electron chi connectivity index (χ4n) is 1.65. The Balaban J connectivity index is 2.06. The summed E-state index contributed by atoms with van der Waals surface area (Å²) in [7, 11) is 0. The standard InChI is InChI=1S/C16H18N2OS2/c1-11(2)6-4-5-7-12(3)15-18-14(10-21-15)16-17-13(8-19)9-20-16/h4-12H,1-3H3/b6-4+,7-5+/t12-/m0/s1. The molecular formula is C16H18N2OS2. The molecule has 0 aliphatic heterocycles. The summed E-state index contributed by atoms with van der Waals surface area (Å²) in [6.07, 6.45) is 9.21. The van der Waals surface area contributed by atoms with Gasteiger partial charge in [0, 0.05) is 16.7 Å². The van der Waals surface area contributed by atoms with Crippen LogP contribution in [0.3, 0.4) is 0 Å². The van der Waals surface area contributed by atoms with E-state index in [0.29, 0.717) is 11.6 Å². The van der Waals surface area contributed by atoms with E-state index in [0.717, 1.165) is 22.0 Å². The molecule has 2 heterocycles. The summed E-state index contributed by atoms with van der Waals surface area (Å²) in [6, 6.07) is 0. The molecule has 0 fully saturated rings. The van der Waals surface area contributed by atoms with Crippen LogP contribution in [-0.2, 0) is 0 Å². The molecule has 0 aliphatic carbocycles.